The predicted molar refractivity (Wildman–Crippen MR) is 93.7 cm³/mol. The van der Waals surface area contributed by atoms with Crippen LogP contribution in [0.2, 0.25) is 0 Å². The van der Waals surface area contributed by atoms with Gasteiger partial charge in [-0.1, -0.05) is 17.2 Å². The first-order valence-corrected chi connectivity index (χ1v) is 7.68. The van der Waals surface area contributed by atoms with Crippen molar-refractivity contribution < 1.29 is 14.3 Å². The van der Waals surface area contributed by atoms with Crippen molar-refractivity contribution in [3.63, 3.8) is 0 Å². The molecule has 0 saturated heterocycles. The number of rotatable bonds is 4. The van der Waals surface area contributed by atoms with Gasteiger partial charge in [0.2, 0.25) is 0 Å². The SMILES string of the molecule is Cc1cc(C)cc(C(=O)OCC(=O)Nc2ccc3[nH]c(=O)[nH]c3c2)c1. The molecule has 7 heteroatoms. The number of aryl methyl sites for hydroxylation is 2. The molecule has 3 N–H and O–H groups in total. The van der Waals surface area contributed by atoms with Crippen LogP contribution >= 0.6 is 0 Å². The quantitative estimate of drug-likeness (QED) is 0.634. The van der Waals surface area contributed by atoms with Crippen molar-refractivity contribution in [3.8, 4) is 0 Å². The summed E-state index contributed by atoms with van der Waals surface area (Å²) in [6, 6.07) is 10.3. The van der Waals surface area contributed by atoms with Crippen LogP contribution in [-0.2, 0) is 9.53 Å². The summed E-state index contributed by atoms with van der Waals surface area (Å²) in [6.07, 6.45) is 0. The van der Waals surface area contributed by atoms with E-state index in [2.05, 4.69) is 15.3 Å². The summed E-state index contributed by atoms with van der Waals surface area (Å²) in [4.78, 5) is 40.4. The summed E-state index contributed by atoms with van der Waals surface area (Å²) in [6.45, 7) is 3.38. The van der Waals surface area contributed by atoms with Gasteiger partial charge in [-0.3, -0.25) is 4.79 Å². The van der Waals surface area contributed by atoms with Gasteiger partial charge < -0.3 is 20.0 Å². The lowest BCUT2D eigenvalue weighted by molar-refractivity contribution is -0.119. The van der Waals surface area contributed by atoms with E-state index < -0.39 is 18.5 Å². The molecule has 0 atom stereocenters. The smallest absolute Gasteiger partial charge is 0.338 e. The molecule has 3 rings (SSSR count). The van der Waals surface area contributed by atoms with E-state index in [1.165, 1.54) is 0 Å². The normalized spacial score (nSPS) is 10.6. The first-order valence-electron chi connectivity index (χ1n) is 7.68. The van der Waals surface area contributed by atoms with Crippen LogP contribution in [0.25, 0.3) is 11.0 Å². The van der Waals surface area contributed by atoms with Crippen molar-refractivity contribution in [2.75, 3.05) is 11.9 Å². The molecule has 0 aliphatic heterocycles. The molecule has 7 nitrogen and oxygen atoms in total. The maximum Gasteiger partial charge on any atom is 0.338 e. The summed E-state index contributed by atoms with van der Waals surface area (Å²) in [7, 11) is 0. The van der Waals surface area contributed by atoms with Crippen molar-refractivity contribution in [2.45, 2.75) is 13.8 Å². The standard InChI is InChI=1S/C18H17N3O4/c1-10-5-11(2)7-12(6-10)17(23)25-9-16(22)19-13-3-4-14-15(8-13)21-18(24)20-14/h3-8H,9H2,1-2H3,(H,19,22)(H2,20,21,24). The Morgan fingerprint density at radius 2 is 1.68 bits per heavy atom. The number of hydrogen-bond acceptors (Lipinski definition) is 4. The number of fused-ring (bicyclic) bond motifs is 1. The average molecular weight is 339 g/mol. The number of carbonyl (C=O) groups is 2. The molecule has 0 unspecified atom stereocenters. The lowest BCUT2D eigenvalue weighted by Crippen LogP contribution is -2.21. The molecule has 0 radical (unpaired) electrons. The third-order valence-corrected chi connectivity index (χ3v) is 3.59. The van der Waals surface area contributed by atoms with Crippen LogP contribution in [0.5, 0.6) is 0 Å². The summed E-state index contributed by atoms with van der Waals surface area (Å²) < 4.78 is 5.05. The van der Waals surface area contributed by atoms with E-state index in [1.54, 1.807) is 30.3 Å². The molecule has 0 aliphatic carbocycles. The van der Waals surface area contributed by atoms with E-state index in [0.29, 0.717) is 22.3 Å². The minimum Gasteiger partial charge on any atom is -0.452 e. The van der Waals surface area contributed by atoms with Gasteiger partial charge in [-0.25, -0.2) is 9.59 Å². The Kier molecular flexibility index (Phi) is 4.38. The summed E-state index contributed by atoms with van der Waals surface area (Å²) >= 11 is 0. The summed E-state index contributed by atoms with van der Waals surface area (Å²) in [5.41, 5.74) is 3.71. The van der Waals surface area contributed by atoms with E-state index in [0.717, 1.165) is 11.1 Å². The van der Waals surface area contributed by atoms with E-state index in [4.69, 9.17) is 4.74 Å². The Bertz CT molecular complexity index is 996. The zero-order valence-corrected chi connectivity index (χ0v) is 13.8. The number of amides is 1. The molecule has 0 bridgehead atoms. The number of benzene rings is 2. The first kappa shape index (κ1) is 16.5. The van der Waals surface area contributed by atoms with Gasteiger partial charge in [0.05, 0.1) is 16.6 Å². The molecule has 1 heterocycles. The molecule has 1 amide bonds. The highest BCUT2D eigenvalue weighted by atomic mass is 16.5. The largest absolute Gasteiger partial charge is 0.452 e. The van der Waals surface area contributed by atoms with Gasteiger partial charge in [-0.2, -0.15) is 0 Å². The summed E-state index contributed by atoms with van der Waals surface area (Å²) in [5.74, 6) is -1.01. The Labute approximate surface area is 143 Å². The fourth-order valence-electron chi connectivity index (χ4n) is 2.61. The summed E-state index contributed by atoms with van der Waals surface area (Å²) in [5, 5.41) is 2.62. The van der Waals surface area contributed by atoms with E-state index in [1.807, 2.05) is 19.9 Å². The zero-order valence-electron chi connectivity index (χ0n) is 13.8. The maximum atomic E-state index is 12.0. The van der Waals surface area contributed by atoms with E-state index in [-0.39, 0.29) is 5.69 Å². The highest BCUT2D eigenvalue weighted by Crippen LogP contribution is 2.14. The first-order chi connectivity index (χ1) is 11.9. The molecule has 25 heavy (non-hydrogen) atoms. The fraction of sp³-hybridized carbons (Fsp3) is 0.167. The van der Waals surface area contributed by atoms with Crippen LogP contribution < -0.4 is 11.0 Å². The highest BCUT2D eigenvalue weighted by Gasteiger charge is 2.11. The van der Waals surface area contributed by atoms with Crippen molar-refractivity contribution in [2.24, 2.45) is 0 Å². The van der Waals surface area contributed by atoms with Crippen molar-refractivity contribution in [3.05, 3.63) is 63.6 Å². The van der Waals surface area contributed by atoms with Gasteiger partial charge in [0.15, 0.2) is 6.61 Å². The fourth-order valence-corrected chi connectivity index (χ4v) is 2.61. The monoisotopic (exact) mass is 339 g/mol. The predicted octanol–water partition coefficient (Wildman–Crippen LogP) is 2.27. The zero-order chi connectivity index (χ0) is 18.0. The Balaban J connectivity index is 1.61. The number of esters is 1. The Hall–Kier alpha value is -3.35. The third kappa shape index (κ3) is 3.95. The van der Waals surface area contributed by atoms with Gasteiger partial charge >= 0.3 is 11.7 Å². The minimum atomic E-state index is -0.549. The number of H-pyrrole nitrogens is 2. The van der Waals surface area contributed by atoms with Crippen LogP contribution in [0.1, 0.15) is 21.5 Å². The number of ether oxygens (including phenoxy) is 1. The number of aromatic nitrogens is 2. The second kappa shape index (κ2) is 6.64. The number of nitrogens with one attached hydrogen (secondary N) is 3. The van der Waals surface area contributed by atoms with Crippen LogP contribution in [0, 0.1) is 13.8 Å². The van der Waals surface area contributed by atoms with Crippen molar-refractivity contribution in [1.29, 1.82) is 0 Å². The lowest BCUT2D eigenvalue weighted by Gasteiger charge is -2.08. The van der Waals surface area contributed by atoms with E-state index in [9.17, 15) is 14.4 Å². The molecule has 3 aromatic rings. The van der Waals surface area contributed by atoms with Crippen molar-refractivity contribution >= 4 is 28.6 Å². The van der Waals surface area contributed by atoms with Crippen LogP contribution in [0.3, 0.4) is 0 Å². The Morgan fingerprint density at radius 3 is 2.40 bits per heavy atom. The van der Waals surface area contributed by atoms with Gasteiger partial charge in [0.25, 0.3) is 5.91 Å². The lowest BCUT2D eigenvalue weighted by atomic mass is 10.1. The third-order valence-electron chi connectivity index (χ3n) is 3.59. The second-order valence-electron chi connectivity index (χ2n) is 5.84. The molecule has 1 aromatic heterocycles. The molecule has 0 saturated carbocycles. The molecule has 0 spiro atoms. The molecule has 128 valence electrons. The number of aromatic amines is 2. The van der Waals surface area contributed by atoms with Gasteiger partial charge in [-0.05, 0) is 44.2 Å². The number of imidazole rings is 1. The Morgan fingerprint density at radius 1 is 1.00 bits per heavy atom. The van der Waals surface area contributed by atoms with Gasteiger partial charge in [-0.15, -0.1) is 0 Å². The van der Waals surface area contributed by atoms with E-state index >= 15 is 0 Å². The van der Waals surface area contributed by atoms with Gasteiger partial charge in [0.1, 0.15) is 0 Å². The van der Waals surface area contributed by atoms with Crippen LogP contribution in [-0.4, -0.2) is 28.5 Å². The minimum absolute atomic E-state index is 0.319. The molecule has 2 aromatic carbocycles. The van der Waals surface area contributed by atoms with Crippen LogP contribution in [0.4, 0.5) is 5.69 Å². The number of carbonyl (C=O) groups excluding carboxylic acids is 2. The number of anilines is 1. The molecule has 0 aliphatic rings. The number of hydrogen-bond donors (Lipinski definition) is 3. The van der Waals surface area contributed by atoms with Crippen molar-refractivity contribution in [1.82, 2.24) is 9.97 Å². The van der Waals surface area contributed by atoms with Gasteiger partial charge in [0, 0.05) is 5.69 Å². The highest BCUT2D eigenvalue weighted by molar-refractivity contribution is 5.96. The van der Waals surface area contributed by atoms with Crippen LogP contribution in [0.15, 0.2) is 41.2 Å². The average Bonchev–Trinajstić information content (AvgIpc) is 2.91. The molecule has 0 fully saturated rings. The maximum absolute atomic E-state index is 12.0. The second-order valence-corrected chi connectivity index (χ2v) is 5.84. The topological polar surface area (TPSA) is 104 Å². The molecular formula is C18H17N3O4. The molecular weight excluding hydrogens is 322 g/mol.